The zero-order valence-electron chi connectivity index (χ0n) is 8.84. The number of rotatable bonds is 2. The summed E-state index contributed by atoms with van der Waals surface area (Å²) in [7, 11) is 0. The summed E-state index contributed by atoms with van der Waals surface area (Å²) >= 11 is 0. The van der Waals surface area contributed by atoms with Crippen molar-refractivity contribution in [3.8, 4) is 17.7 Å². The van der Waals surface area contributed by atoms with Gasteiger partial charge in [0.05, 0.1) is 11.6 Å². The summed E-state index contributed by atoms with van der Waals surface area (Å²) in [4.78, 5) is 4.06. The largest absolute Gasteiger partial charge is 0.439 e. The van der Waals surface area contributed by atoms with Crippen LogP contribution in [0.3, 0.4) is 0 Å². The minimum Gasteiger partial charge on any atom is -0.439 e. The molecule has 16 heavy (non-hydrogen) atoms. The molecule has 0 saturated heterocycles. The van der Waals surface area contributed by atoms with E-state index in [4.69, 9.17) is 10.00 Å². The van der Waals surface area contributed by atoms with Gasteiger partial charge in [0.1, 0.15) is 5.75 Å². The molecule has 0 fully saturated rings. The second-order valence-electron chi connectivity index (χ2n) is 3.36. The van der Waals surface area contributed by atoms with Crippen LogP contribution in [0.2, 0.25) is 0 Å². The number of hydrogen-bond donors (Lipinski definition) is 0. The van der Waals surface area contributed by atoms with Gasteiger partial charge in [0.15, 0.2) is 0 Å². The first kappa shape index (κ1) is 10.2. The lowest BCUT2D eigenvalue weighted by atomic mass is 10.1. The molecule has 0 unspecified atom stereocenters. The second-order valence-corrected chi connectivity index (χ2v) is 3.36. The van der Waals surface area contributed by atoms with Crippen molar-refractivity contribution in [1.29, 1.82) is 5.26 Å². The fourth-order valence-electron chi connectivity index (χ4n) is 1.35. The molecular weight excluding hydrogens is 200 g/mol. The van der Waals surface area contributed by atoms with Gasteiger partial charge in [0.2, 0.25) is 5.88 Å². The van der Waals surface area contributed by atoms with Gasteiger partial charge in [0.25, 0.3) is 0 Å². The Labute approximate surface area is 93.9 Å². The summed E-state index contributed by atoms with van der Waals surface area (Å²) in [6.45, 7) is 1.88. The molecular formula is C13H10N2O. The maximum absolute atomic E-state index is 8.80. The van der Waals surface area contributed by atoms with E-state index in [9.17, 15) is 0 Å². The van der Waals surface area contributed by atoms with Crippen LogP contribution in [-0.4, -0.2) is 4.98 Å². The van der Waals surface area contributed by atoms with Gasteiger partial charge >= 0.3 is 0 Å². The van der Waals surface area contributed by atoms with Crippen LogP contribution < -0.4 is 4.74 Å². The molecule has 0 aliphatic carbocycles. The zero-order chi connectivity index (χ0) is 11.4. The van der Waals surface area contributed by atoms with E-state index >= 15 is 0 Å². The Bertz CT molecular complexity index is 529. The van der Waals surface area contributed by atoms with Crippen LogP contribution >= 0.6 is 0 Å². The molecule has 0 aliphatic rings. The highest BCUT2D eigenvalue weighted by Gasteiger charge is 2.01. The van der Waals surface area contributed by atoms with E-state index in [1.54, 1.807) is 24.4 Å². The predicted molar refractivity (Wildman–Crippen MR) is 60.2 cm³/mol. The number of hydrogen-bond acceptors (Lipinski definition) is 3. The van der Waals surface area contributed by atoms with Gasteiger partial charge in [-0.3, -0.25) is 0 Å². The number of aromatic nitrogens is 1. The van der Waals surface area contributed by atoms with Gasteiger partial charge < -0.3 is 4.74 Å². The van der Waals surface area contributed by atoms with Crippen LogP contribution in [0.15, 0.2) is 42.6 Å². The molecule has 2 aromatic rings. The SMILES string of the molecule is Cc1cc(Oc2ccccn2)ccc1C#N. The van der Waals surface area contributed by atoms with Gasteiger partial charge in [-0.05, 0) is 36.8 Å². The number of benzene rings is 1. The highest BCUT2D eigenvalue weighted by molar-refractivity contribution is 5.42. The van der Waals surface area contributed by atoms with Crippen LogP contribution in [0.1, 0.15) is 11.1 Å². The normalized spacial score (nSPS) is 9.50. The quantitative estimate of drug-likeness (QED) is 0.765. The molecule has 0 N–H and O–H groups in total. The Balaban J connectivity index is 2.24. The fraction of sp³-hybridized carbons (Fsp3) is 0.0769. The van der Waals surface area contributed by atoms with Crippen LogP contribution in [0.4, 0.5) is 0 Å². The lowest BCUT2D eigenvalue weighted by Crippen LogP contribution is -1.89. The number of nitrogens with zero attached hydrogens (tertiary/aromatic N) is 2. The molecule has 1 aromatic heterocycles. The summed E-state index contributed by atoms with van der Waals surface area (Å²) in [5, 5.41) is 8.80. The minimum absolute atomic E-state index is 0.548. The van der Waals surface area contributed by atoms with Crippen LogP contribution in [0, 0.1) is 18.3 Å². The second kappa shape index (κ2) is 4.45. The third kappa shape index (κ3) is 2.18. The van der Waals surface area contributed by atoms with Crippen LogP contribution in [0.25, 0.3) is 0 Å². The van der Waals surface area contributed by atoms with E-state index in [0.717, 1.165) is 5.56 Å². The Morgan fingerprint density at radius 2 is 2.12 bits per heavy atom. The Morgan fingerprint density at radius 1 is 1.25 bits per heavy atom. The van der Waals surface area contributed by atoms with Crippen molar-refractivity contribution in [2.75, 3.05) is 0 Å². The third-order valence-corrected chi connectivity index (χ3v) is 2.18. The molecule has 0 aliphatic heterocycles. The Hall–Kier alpha value is -2.34. The number of aryl methyl sites for hydroxylation is 1. The minimum atomic E-state index is 0.548. The van der Waals surface area contributed by atoms with Crippen molar-refractivity contribution < 1.29 is 4.74 Å². The van der Waals surface area contributed by atoms with E-state index in [1.807, 2.05) is 25.1 Å². The lowest BCUT2D eigenvalue weighted by molar-refractivity contribution is 0.462. The van der Waals surface area contributed by atoms with Crippen LogP contribution in [0.5, 0.6) is 11.6 Å². The molecule has 0 radical (unpaired) electrons. The number of pyridine rings is 1. The average Bonchev–Trinajstić information content (AvgIpc) is 2.31. The average molecular weight is 210 g/mol. The first-order valence-corrected chi connectivity index (χ1v) is 4.89. The maximum Gasteiger partial charge on any atom is 0.219 e. The van der Waals surface area contributed by atoms with E-state index in [1.165, 1.54) is 0 Å². The highest BCUT2D eigenvalue weighted by atomic mass is 16.5. The number of nitriles is 1. The molecule has 0 saturated carbocycles. The summed E-state index contributed by atoms with van der Waals surface area (Å²) in [5.74, 6) is 1.24. The molecule has 3 nitrogen and oxygen atoms in total. The molecule has 1 aromatic carbocycles. The van der Waals surface area contributed by atoms with Crippen molar-refractivity contribution in [3.63, 3.8) is 0 Å². The standard InChI is InChI=1S/C13H10N2O/c1-10-8-12(6-5-11(10)9-14)16-13-4-2-3-7-15-13/h2-8H,1H3. The van der Waals surface area contributed by atoms with Gasteiger partial charge in [-0.2, -0.15) is 5.26 Å². The predicted octanol–water partition coefficient (Wildman–Crippen LogP) is 3.05. The van der Waals surface area contributed by atoms with E-state index in [0.29, 0.717) is 17.2 Å². The monoisotopic (exact) mass is 210 g/mol. The number of ether oxygens (including phenoxy) is 1. The highest BCUT2D eigenvalue weighted by Crippen LogP contribution is 2.21. The van der Waals surface area contributed by atoms with Crippen molar-refractivity contribution >= 4 is 0 Å². The summed E-state index contributed by atoms with van der Waals surface area (Å²) in [6.07, 6.45) is 1.67. The van der Waals surface area contributed by atoms with Crippen molar-refractivity contribution in [1.82, 2.24) is 4.98 Å². The van der Waals surface area contributed by atoms with Gasteiger partial charge in [-0.25, -0.2) is 4.98 Å². The van der Waals surface area contributed by atoms with Crippen molar-refractivity contribution in [3.05, 3.63) is 53.7 Å². The molecule has 0 bridgehead atoms. The first-order chi connectivity index (χ1) is 7.79. The summed E-state index contributed by atoms with van der Waals surface area (Å²) < 4.78 is 5.54. The molecule has 1 heterocycles. The smallest absolute Gasteiger partial charge is 0.219 e. The molecule has 0 atom stereocenters. The Kier molecular flexibility index (Phi) is 2.84. The molecule has 0 spiro atoms. The topological polar surface area (TPSA) is 45.9 Å². The molecule has 2 rings (SSSR count). The van der Waals surface area contributed by atoms with Gasteiger partial charge in [0, 0.05) is 12.3 Å². The van der Waals surface area contributed by atoms with Gasteiger partial charge in [-0.1, -0.05) is 6.07 Å². The molecule has 78 valence electrons. The summed E-state index contributed by atoms with van der Waals surface area (Å²) in [5.41, 5.74) is 1.56. The summed E-state index contributed by atoms with van der Waals surface area (Å²) in [6, 6.07) is 12.9. The van der Waals surface area contributed by atoms with Gasteiger partial charge in [-0.15, -0.1) is 0 Å². The van der Waals surface area contributed by atoms with Crippen LogP contribution in [-0.2, 0) is 0 Å². The van der Waals surface area contributed by atoms with E-state index < -0.39 is 0 Å². The zero-order valence-corrected chi connectivity index (χ0v) is 8.84. The van der Waals surface area contributed by atoms with Crippen molar-refractivity contribution in [2.45, 2.75) is 6.92 Å². The third-order valence-electron chi connectivity index (χ3n) is 2.18. The Morgan fingerprint density at radius 3 is 2.75 bits per heavy atom. The van der Waals surface area contributed by atoms with E-state index in [-0.39, 0.29) is 0 Å². The molecule has 0 amide bonds. The fourth-order valence-corrected chi connectivity index (χ4v) is 1.35. The lowest BCUT2D eigenvalue weighted by Gasteiger charge is -2.05. The first-order valence-electron chi connectivity index (χ1n) is 4.89. The van der Waals surface area contributed by atoms with Crippen molar-refractivity contribution in [2.24, 2.45) is 0 Å². The molecule has 3 heteroatoms. The maximum atomic E-state index is 8.80. The van der Waals surface area contributed by atoms with E-state index in [2.05, 4.69) is 11.1 Å².